The largest absolute Gasteiger partial charge is 0.491 e. The summed E-state index contributed by atoms with van der Waals surface area (Å²) in [4.78, 5) is 13.4. The van der Waals surface area contributed by atoms with Crippen LogP contribution in [0.15, 0.2) is 18.2 Å². The SMILES string of the molecule is Cc1cccc(C=O)c1OCCN1CCCCC1. The average molecular weight is 247 g/mol. The van der Waals surface area contributed by atoms with Gasteiger partial charge in [-0.2, -0.15) is 0 Å². The topological polar surface area (TPSA) is 29.5 Å². The molecule has 0 bridgehead atoms. The number of nitrogens with zero attached hydrogens (tertiary/aromatic N) is 1. The Morgan fingerprint density at radius 1 is 1.28 bits per heavy atom. The van der Waals surface area contributed by atoms with Crippen LogP contribution in [0, 0.1) is 6.92 Å². The van der Waals surface area contributed by atoms with Crippen molar-refractivity contribution < 1.29 is 9.53 Å². The quantitative estimate of drug-likeness (QED) is 0.749. The van der Waals surface area contributed by atoms with Crippen molar-refractivity contribution in [2.75, 3.05) is 26.2 Å². The van der Waals surface area contributed by atoms with Crippen LogP contribution in [0.4, 0.5) is 0 Å². The van der Waals surface area contributed by atoms with Crippen LogP contribution in [-0.2, 0) is 0 Å². The molecule has 0 spiro atoms. The molecular weight excluding hydrogens is 226 g/mol. The molecule has 0 aromatic heterocycles. The zero-order valence-electron chi connectivity index (χ0n) is 11.0. The highest BCUT2D eigenvalue weighted by Gasteiger charge is 2.11. The monoisotopic (exact) mass is 247 g/mol. The predicted octanol–water partition coefficient (Wildman–Crippen LogP) is 2.67. The van der Waals surface area contributed by atoms with Crippen LogP contribution in [0.2, 0.25) is 0 Å². The lowest BCUT2D eigenvalue weighted by molar-refractivity contribution is 0.111. The number of piperidine rings is 1. The Morgan fingerprint density at radius 2 is 2.06 bits per heavy atom. The minimum Gasteiger partial charge on any atom is -0.491 e. The molecule has 1 aromatic carbocycles. The highest BCUT2D eigenvalue weighted by molar-refractivity contribution is 5.80. The molecule has 1 aliphatic rings. The Balaban J connectivity index is 1.87. The summed E-state index contributed by atoms with van der Waals surface area (Å²) in [7, 11) is 0. The Kier molecular flexibility index (Phi) is 4.76. The fraction of sp³-hybridized carbons (Fsp3) is 0.533. The predicted molar refractivity (Wildman–Crippen MR) is 72.4 cm³/mol. The molecule has 1 aromatic rings. The molecule has 3 nitrogen and oxygen atoms in total. The first-order valence-electron chi connectivity index (χ1n) is 6.71. The molecule has 0 amide bonds. The molecule has 0 saturated carbocycles. The number of hydrogen-bond donors (Lipinski definition) is 0. The molecule has 1 saturated heterocycles. The number of rotatable bonds is 5. The van der Waals surface area contributed by atoms with Gasteiger partial charge >= 0.3 is 0 Å². The maximum Gasteiger partial charge on any atom is 0.153 e. The van der Waals surface area contributed by atoms with E-state index in [1.54, 1.807) is 6.07 Å². The number of likely N-dealkylation sites (tertiary alicyclic amines) is 1. The minimum absolute atomic E-state index is 0.647. The molecule has 98 valence electrons. The van der Waals surface area contributed by atoms with Crippen molar-refractivity contribution >= 4 is 6.29 Å². The van der Waals surface area contributed by atoms with Gasteiger partial charge in [0.2, 0.25) is 0 Å². The normalized spacial score (nSPS) is 16.5. The van der Waals surface area contributed by atoms with E-state index in [0.29, 0.717) is 12.2 Å². The van der Waals surface area contributed by atoms with Crippen molar-refractivity contribution in [1.82, 2.24) is 4.90 Å². The van der Waals surface area contributed by atoms with E-state index in [9.17, 15) is 4.79 Å². The lowest BCUT2D eigenvalue weighted by Crippen LogP contribution is -2.33. The first kappa shape index (κ1) is 13.1. The van der Waals surface area contributed by atoms with Crippen LogP contribution < -0.4 is 4.74 Å². The Bertz CT molecular complexity index is 397. The lowest BCUT2D eigenvalue weighted by atomic mass is 10.1. The van der Waals surface area contributed by atoms with Gasteiger partial charge < -0.3 is 4.74 Å². The second kappa shape index (κ2) is 6.55. The molecule has 0 aliphatic carbocycles. The van der Waals surface area contributed by atoms with Crippen LogP contribution in [0.25, 0.3) is 0 Å². The lowest BCUT2D eigenvalue weighted by Gasteiger charge is -2.26. The zero-order chi connectivity index (χ0) is 12.8. The van der Waals surface area contributed by atoms with Gasteiger partial charge in [-0.15, -0.1) is 0 Å². The summed E-state index contributed by atoms with van der Waals surface area (Å²) in [5, 5.41) is 0. The number of para-hydroxylation sites is 1. The van der Waals surface area contributed by atoms with Crippen molar-refractivity contribution in [1.29, 1.82) is 0 Å². The summed E-state index contributed by atoms with van der Waals surface area (Å²) in [6.07, 6.45) is 4.81. The fourth-order valence-electron chi connectivity index (χ4n) is 2.42. The molecule has 1 aliphatic heterocycles. The minimum atomic E-state index is 0.647. The Morgan fingerprint density at radius 3 is 2.78 bits per heavy atom. The van der Waals surface area contributed by atoms with Gasteiger partial charge in [0.25, 0.3) is 0 Å². The van der Waals surface area contributed by atoms with Gasteiger partial charge in [0, 0.05) is 6.54 Å². The number of aldehydes is 1. The zero-order valence-corrected chi connectivity index (χ0v) is 11.0. The van der Waals surface area contributed by atoms with Crippen molar-refractivity contribution in [3.8, 4) is 5.75 Å². The van der Waals surface area contributed by atoms with Crippen LogP contribution in [-0.4, -0.2) is 37.4 Å². The molecule has 18 heavy (non-hydrogen) atoms. The van der Waals surface area contributed by atoms with Gasteiger partial charge in [-0.1, -0.05) is 18.6 Å². The van der Waals surface area contributed by atoms with Gasteiger partial charge in [-0.05, 0) is 44.5 Å². The summed E-state index contributed by atoms with van der Waals surface area (Å²) in [5.74, 6) is 0.740. The summed E-state index contributed by atoms with van der Waals surface area (Å²) in [5.41, 5.74) is 1.67. The van der Waals surface area contributed by atoms with Gasteiger partial charge in [-0.25, -0.2) is 0 Å². The third kappa shape index (κ3) is 3.33. The average Bonchev–Trinajstić information content (AvgIpc) is 2.41. The van der Waals surface area contributed by atoms with Crippen molar-refractivity contribution in [3.63, 3.8) is 0 Å². The van der Waals surface area contributed by atoms with Crippen molar-refractivity contribution in [2.24, 2.45) is 0 Å². The van der Waals surface area contributed by atoms with Crippen LogP contribution >= 0.6 is 0 Å². The van der Waals surface area contributed by atoms with E-state index >= 15 is 0 Å². The van der Waals surface area contributed by atoms with Crippen LogP contribution in [0.1, 0.15) is 35.2 Å². The van der Waals surface area contributed by atoms with Crippen LogP contribution in [0.3, 0.4) is 0 Å². The van der Waals surface area contributed by atoms with Gasteiger partial charge in [0.15, 0.2) is 6.29 Å². The third-order valence-corrected chi connectivity index (χ3v) is 3.47. The summed E-state index contributed by atoms with van der Waals surface area (Å²) < 4.78 is 5.79. The molecule has 0 radical (unpaired) electrons. The van der Waals surface area contributed by atoms with E-state index in [-0.39, 0.29) is 0 Å². The summed E-state index contributed by atoms with van der Waals surface area (Å²) in [6, 6.07) is 5.66. The second-order valence-corrected chi connectivity index (χ2v) is 4.86. The van der Waals surface area contributed by atoms with Crippen LogP contribution in [0.5, 0.6) is 5.75 Å². The van der Waals surface area contributed by atoms with E-state index in [2.05, 4.69) is 4.90 Å². The second-order valence-electron chi connectivity index (χ2n) is 4.86. The van der Waals surface area contributed by atoms with E-state index < -0.39 is 0 Å². The van der Waals surface area contributed by atoms with Gasteiger partial charge in [-0.3, -0.25) is 9.69 Å². The maximum atomic E-state index is 11.0. The third-order valence-electron chi connectivity index (χ3n) is 3.47. The van der Waals surface area contributed by atoms with E-state index in [1.165, 1.54) is 32.4 Å². The molecule has 0 unspecified atom stereocenters. The number of carbonyl (C=O) groups is 1. The number of aryl methyl sites for hydroxylation is 1. The Labute approximate surface area is 109 Å². The standard InChI is InChI=1S/C15H21NO2/c1-13-6-5-7-14(12-17)15(13)18-11-10-16-8-3-2-4-9-16/h5-7,12H,2-4,8-11H2,1H3. The maximum absolute atomic E-state index is 11.0. The molecular formula is C15H21NO2. The molecule has 3 heteroatoms. The van der Waals surface area contributed by atoms with E-state index in [4.69, 9.17) is 4.74 Å². The molecule has 1 fully saturated rings. The molecule has 0 N–H and O–H groups in total. The fourth-order valence-corrected chi connectivity index (χ4v) is 2.42. The highest BCUT2D eigenvalue weighted by Crippen LogP contribution is 2.21. The van der Waals surface area contributed by atoms with Gasteiger partial charge in [0.1, 0.15) is 12.4 Å². The van der Waals surface area contributed by atoms with E-state index in [1.807, 2.05) is 19.1 Å². The number of benzene rings is 1. The van der Waals surface area contributed by atoms with Crippen molar-refractivity contribution in [3.05, 3.63) is 29.3 Å². The first-order valence-corrected chi connectivity index (χ1v) is 6.71. The molecule has 2 rings (SSSR count). The Hall–Kier alpha value is -1.35. The first-order chi connectivity index (χ1) is 8.81. The summed E-state index contributed by atoms with van der Waals surface area (Å²) >= 11 is 0. The smallest absolute Gasteiger partial charge is 0.153 e. The van der Waals surface area contributed by atoms with Gasteiger partial charge in [0.05, 0.1) is 5.56 Å². The molecule has 1 heterocycles. The summed E-state index contributed by atoms with van der Waals surface area (Å²) in [6.45, 7) is 5.94. The molecule has 0 atom stereocenters. The number of ether oxygens (including phenoxy) is 1. The van der Waals surface area contributed by atoms with E-state index in [0.717, 1.165) is 24.1 Å². The number of hydrogen-bond acceptors (Lipinski definition) is 3. The highest BCUT2D eigenvalue weighted by atomic mass is 16.5. The number of carbonyl (C=O) groups excluding carboxylic acids is 1. The van der Waals surface area contributed by atoms with Crippen molar-refractivity contribution in [2.45, 2.75) is 26.2 Å².